The highest BCUT2D eigenvalue weighted by atomic mass is 79.9. The Labute approximate surface area is 197 Å². The minimum atomic E-state index is -0.247. The Bertz CT molecular complexity index is 1070. The smallest absolute Gasteiger partial charge is 0.255 e. The zero-order valence-corrected chi connectivity index (χ0v) is 20.3. The lowest BCUT2D eigenvalue weighted by molar-refractivity contribution is -0.123. The molecule has 0 spiro atoms. The van der Waals surface area contributed by atoms with Crippen LogP contribution in [-0.2, 0) is 9.59 Å². The Morgan fingerprint density at radius 3 is 2.03 bits per heavy atom. The van der Waals surface area contributed by atoms with Crippen LogP contribution in [0, 0.1) is 37.5 Å². The van der Waals surface area contributed by atoms with E-state index in [1.54, 1.807) is 24.3 Å². The van der Waals surface area contributed by atoms with Crippen molar-refractivity contribution in [2.45, 2.75) is 29.9 Å². The minimum Gasteiger partial charge on any atom is -0.322 e. The number of fused-ring (bicyclic) bond motifs is 5. The monoisotopic (exact) mass is 544 g/mol. The lowest BCUT2D eigenvalue weighted by atomic mass is 9.81. The van der Waals surface area contributed by atoms with E-state index in [0.717, 1.165) is 23.2 Å². The number of carbonyl (C=O) groups is 3. The van der Waals surface area contributed by atoms with E-state index in [1.165, 1.54) is 4.90 Å². The van der Waals surface area contributed by atoms with Crippen LogP contribution in [0.15, 0.2) is 42.5 Å². The highest BCUT2D eigenvalue weighted by Crippen LogP contribution is 2.60. The number of carbonyl (C=O) groups excluding carboxylic acids is 3. The van der Waals surface area contributed by atoms with E-state index in [1.807, 2.05) is 32.0 Å². The second-order valence-electron chi connectivity index (χ2n) is 8.82. The Kier molecular flexibility index (Phi) is 5.09. The average molecular weight is 546 g/mol. The van der Waals surface area contributed by atoms with Gasteiger partial charge in [-0.2, -0.15) is 0 Å². The molecular formula is C24H22Br2N2O3. The quantitative estimate of drug-likeness (QED) is 0.443. The van der Waals surface area contributed by atoms with E-state index in [2.05, 4.69) is 37.2 Å². The van der Waals surface area contributed by atoms with E-state index in [0.29, 0.717) is 11.3 Å². The molecule has 31 heavy (non-hydrogen) atoms. The predicted molar refractivity (Wildman–Crippen MR) is 127 cm³/mol. The molecule has 0 aromatic heterocycles. The zero-order valence-electron chi connectivity index (χ0n) is 17.1. The fourth-order valence-corrected chi connectivity index (χ4v) is 7.26. The normalized spacial score (nSPS) is 31.3. The first-order chi connectivity index (χ1) is 14.8. The first-order valence-electron chi connectivity index (χ1n) is 10.4. The van der Waals surface area contributed by atoms with Gasteiger partial charge in [-0.1, -0.05) is 37.9 Å². The van der Waals surface area contributed by atoms with Crippen molar-refractivity contribution in [3.05, 3.63) is 59.2 Å². The number of benzene rings is 2. The Hall–Kier alpha value is -1.99. The SMILES string of the molecule is Cc1ccc(NC(=O)c2ccc(N3C(=O)[C@@H]4[C@H]5C[C@@H]([C@H](Br)[C@H]5Br)[C@H]4C3=O)cc2)cc1C. The number of amides is 3. The lowest BCUT2D eigenvalue weighted by Gasteiger charge is -2.28. The number of rotatable bonds is 3. The summed E-state index contributed by atoms with van der Waals surface area (Å²) in [4.78, 5) is 40.7. The van der Waals surface area contributed by atoms with Gasteiger partial charge >= 0.3 is 0 Å². The molecule has 2 bridgehead atoms. The second-order valence-corrected chi connectivity index (χ2v) is 10.9. The van der Waals surface area contributed by atoms with E-state index in [4.69, 9.17) is 0 Å². The number of halogens is 2. The van der Waals surface area contributed by atoms with Crippen LogP contribution in [0.4, 0.5) is 11.4 Å². The first-order valence-corrected chi connectivity index (χ1v) is 12.3. The highest BCUT2D eigenvalue weighted by molar-refractivity contribution is 9.12. The molecule has 3 fully saturated rings. The summed E-state index contributed by atoms with van der Waals surface area (Å²) in [5.74, 6) is -0.579. The number of imide groups is 1. The summed E-state index contributed by atoms with van der Waals surface area (Å²) in [5, 5.41) is 2.90. The zero-order chi connectivity index (χ0) is 22.0. The van der Waals surface area contributed by atoms with Crippen LogP contribution >= 0.6 is 31.9 Å². The molecule has 1 saturated heterocycles. The summed E-state index contributed by atoms with van der Waals surface area (Å²) in [6.07, 6.45) is 0.907. The van der Waals surface area contributed by atoms with Gasteiger partial charge in [0.2, 0.25) is 11.8 Å². The molecule has 2 aromatic rings. The molecule has 5 nitrogen and oxygen atoms in total. The largest absolute Gasteiger partial charge is 0.322 e. The Morgan fingerprint density at radius 1 is 0.903 bits per heavy atom. The summed E-state index contributed by atoms with van der Waals surface area (Å²) in [6.45, 7) is 4.03. The summed E-state index contributed by atoms with van der Waals surface area (Å²) >= 11 is 7.42. The van der Waals surface area contributed by atoms with E-state index in [9.17, 15) is 14.4 Å². The van der Waals surface area contributed by atoms with Crippen molar-refractivity contribution in [1.82, 2.24) is 0 Å². The average Bonchev–Trinajstić information content (AvgIpc) is 3.36. The van der Waals surface area contributed by atoms with Gasteiger partial charge in [0, 0.05) is 20.9 Å². The molecular weight excluding hydrogens is 524 g/mol. The van der Waals surface area contributed by atoms with Gasteiger partial charge in [0.25, 0.3) is 5.91 Å². The molecule has 1 aliphatic heterocycles. The van der Waals surface area contributed by atoms with Gasteiger partial charge in [-0.3, -0.25) is 19.3 Å². The number of anilines is 2. The van der Waals surface area contributed by atoms with Crippen LogP contribution in [-0.4, -0.2) is 27.4 Å². The van der Waals surface area contributed by atoms with Gasteiger partial charge in [0.05, 0.1) is 17.5 Å². The maximum Gasteiger partial charge on any atom is 0.255 e. The molecule has 0 unspecified atom stereocenters. The number of nitrogens with zero attached hydrogens (tertiary/aromatic N) is 1. The summed E-state index contributed by atoms with van der Waals surface area (Å²) in [6, 6.07) is 12.5. The van der Waals surface area contributed by atoms with Gasteiger partial charge in [-0.15, -0.1) is 0 Å². The molecule has 2 aromatic carbocycles. The number of aryl methyl sites for hydroxylation is 2. The molecule has 6 atom stereocenters. The fourth-order valence-electron chi connectivity index (χ4n) is 5.39. The third-order valence-corrected chi connectivity index (χ3v) is 10.3. The summed E-state index contributed by atoms with van der Waals surface area (Å²) in [5.41, 5.74) is 4.01. The fraction of sp³-hybridized carbons (Fsp3) is 0.375. The molecule has 1 N–H and O–H groups in total. The van der Waals surface area contributed by atoms with Gasteiger partial charge in [0.15, 0.2) is 0 Å². The van der Waals surface area contributed by atoms with Gasteiger partial charge in [-0.25, -0.2) is 0 Å². The topological polar surface area (TPSA) is 66.5 Å². The van der Waals surface area contributed by atoms with Crippen molar-refractivity contribution in [3.8, 4) is 0 Å². The maximum atomic E-state index is 13.1. The molecule has 160 valence electrons. The van der Waals surface area contributed by atoms with Crippen molar-refractivity contribution < 1.29 is 14.4 Å². The van der Waals surface area contributed by atoms with Gasteiger partial charge in [-0.05, 0) is 79.6 Å². The predicted octanol–water partition coefficient (Wildman–Crippen LogP) is 4.84. The van der Waals surface area contributed by atoms with E-state index in [-0.39, 0.29) is 51.0 Å². The summed E-state index contributed by atoms with van der Waals surface area (Å²) < 4.78 is 0. The molecule has 7 heteroatoms. The number of hydrogen-bond acceptors (Lipinski definition) is 3. The molecule has 3 aliphatic rings. The van der Waals surface area contributed by atoms with Crippen LogP contribution in [0.2, 0.25) is 0 Å². The maximum absolute atomic E-state index is 13.1. The van der Waals surface area contributed by atoms with E-state index < -0.39 is 0 Å². The summed E-state index contributed by atoms with van der Waals surface area (Å²) in [7, 11) is 0. The van der Waals surface area contributed by atoms with Crippen molar-refractivity contribution in [2.24, 2.45) is 23.7 Å². The number of hydrogen-bond donors (Lipinski definition) is 1. The standard InChI is InChI=1S/C24H22Br2N2O3/c1-11-3-6-14(9-12(11)2)27-22(29)13-4-7-15(8-5-13)28-23(30)18-16-10-17(19(18)24(28)31)21(26)20(16)25/h3-9,16-21H,10H2,1-2H3,(H,27,29)/t16-,17-,18-,19-,20+,21+/m1/s1. The van der Waals surface area contributed by atoms with Crippen molar-refractivity contribution >= 4 is 61.0 Å². The lowest BCUT2D eigenvalue weighted by Crippen LogP contribution is -2.37. The minimum absolute atomic E-state index is 0.112. The number of nitrogens with one attached hydrogen (secondary N) is 1. The Morgan fingerprint density at radius 2 is 1.48 bits per heavy atom. The molecule has 5 rings (SSSR count). The van der Waals surface area contributed by atoms with Crippen molar-refractivity contribution in [1.29, 1.82) is 0 Å². The van der Waals surface area contributed by atoms with Gasteiger partial charge in [0.1, 0.15) is 0 Å². The molecule has 0 radical (unpaired) electrons. The van der Waals surface area contributed by atoms with Crippen molar-refractivity contribution in [2.75, 3.05) is 10.2 Å². The number of alkyl halides is 2. The highest BCUT2D eigenvalue weighted by Gasteiger charge is 2.66. The van der Waals surface area contributed by atoms with Crippen LogP contribution in [0.5, 0.6) is 0 Å². The van der Waals surface area contributed by atoms with Crippen LogP contribution in [0.1, 0.15) is 27.9 Å². The Balaban J connectivity index is 1.34. The second kappa shape index (κ2) is 7.55. The third-order valence-electron chi connectivity index (χ3n) is 7.14. The third kappa shape index (κ3) is 3.20. The van der Waals surface area contributed by atoms with Crippen LogP contribution in [0.3, 0.4) is 0 Å². The molecule has 1 heterocycles. The molecule has 3 amide bonds. The first kappa shape index (κ1) is 20.9. The van der Waals surface area contributed by atoms with Crippen molar-refractivity contribution in [3.63, 3.8) is 0 Å². The van der Waals surface area contributed by atoms with Crippen LogP contribution in [0.25, 0.3) is 0 Å². The van der Waals surface area contributed by atoms with E-state index >= 15 is 0 Å². The molecule has 2 aliphatic carbocycles. The molecule has 2 saturated carbocycles. The van der Waals surface area contributed by atoms with Crippen LogP contribution < -0.4 is 10.2 Å². The van der Waals surface area contributed by atoms with Gasteiger partial charge < -0.3 is 5.32 Å².